The van der Waals surface area contributed by atoms with Crippen molar-refractivity contribution in [2.45, 2.75) is 31.8 Å². The summed E-state index contributed by atoms with van der Waals surface area (Å²) in [5.74, 6) is 0.453. The Balaban J connectivity index is 2.02. The van der Waals surface area contributed by atoms with Gasteiger partial charge in [0.05, 0.1) is 19.3 Å². The number of rotatable bonds is 1. The predicted molar refractivity (Wildman–Crippen MR) is 46.9 cm³/mol. The molecule has 0 aromatic rings. The Morgan fingerprint density at radius 3 is 2.92 bits per heavy atom. The average molecular weight is 168 g/mol. The lowest BCUT2D eigenvalue weighted by Gasteiger charge is -2.21. The van der Waals surface area contributed by atoms with Crippen molar-refractivity contribution in [3.05, 3.63) is 11.6 Å². The molecule has 1 N–H and O–H groups in total. The van der Waals surface area contributed by atoms with Crippen LogP contribution in [-0.2, 0) is 4.74 Å². The Morgan fingerprint density at radius 1 is 1.42 bits per heavy atom. The second-order valence-corrected chi connectivity index (χ2v) is 3.71. The third kappa shape index (κ3) is 1.54. The Hall–Kier alpha value is -0.340. The van der Waals surface area contributed by atoms with Crippen molar-refractivity contribution in [3.8, 4) is 0 Å². The summed E-state index contributed by atoms with van der Waals surface area (Å²) in [6.07, 6.45) is 6.46. The molecule has 1 saturated carbocycles. The first-order valence-corrected chi connectivity index (χ1v) is 4.82. The third-order valence-corrected chi connectivity index (χ3v) is 2.95. The lowest BCUT2D eigenvalue weighted by molar-refractivity contribution is 0.124. The van der Waals surface area contributed by atoms with Crippen LogP contribution in [0.1, 0.15) is 25.7 Å². The minimum absolute atomic E-state index is 0.0747. The van der Waals surface area contributed by atoms with Crippen LogP contribution >= 0.6 is 0 Å². The van der Waals surface area contributed by atoms with Gasteiger partial charge in [-0.05, 0) is 19.3 Å². The molecule has 0 amide bonds. The molecule has 0 radical (unpaired) electrons. The molecule has 68 valence electrons. The smallest absolute Gasteiger partial charge is 0.0650 e. The van der Waals surface area contributed by atoms with E-state index in [1.165, 1.54) is 18.4 Å². The first-order valence-electron chi connectivity index (χ1n) is 4.82. The van der Waals surface area contributed by atoms with Crippen molar-refractivity contribution >= 4 is 0 Å². The van der Waals surface area contributed by atoms with Gasteiger partial charge in [0, 0.05) is 5.92 Å². The number of hydrogen-bond donors (Lipinski definition) is 1. The van der Waals surface area contributed by atoms with Crippen LogP contribution in [0.4, 0.5) is 0 Å². The summed E-state index contributed by atoms with van der Waals surface area (Å²) in [6.45, 7) is 1.59. The van der Waals surface area contributed by atoms with Gasteiger partial charge >= 0.3 is 0 Å². The van der Waals surface area contributed by atoms with Crippen LogP contribution in [-0.4, -0.2) is 24.4 Å². The molecule has 1 aliphatic carbocycles. The van der Waals surface area contributed by atoms with Crippen LogP contribution in [0.3, 0.4) is 0 Å². The third-order valence-electron chi connectivity index (χ3n) is 2.95. The SMILES string of the molecule is OC1CCCC1C1=CCOCC1. The lowest BCUT2D eigenvalue weighted by atomic mass is 9.92. The fourth-order valence-electron chi connectivity index (χ4n) is 2.25. The van der Waals surface area contributed by atoms with E-state index in [0.717, 1.165) is 26.1 Å². The highest BCUT2D eigenvalue weighted by Crippen LogP contribution is 2.33. The average Bonchev–Trinajstić information content (AvgIpc) is 2.53. The maximum atomic E-state index is 9.66. The Labute approximate surface area is 73.2 Å². The van der Waals surface area contributed by atoms with E-state index in [9.17, 15) is 5.11 Å². The van der Waals surface area contributed by atoms with Crippen LogP contribution < -0.4 is 0 Å². The fourth-order valence-corrected chi connectivity index (χ4v) is 2.25. The molecular formula is C10H16O2. The van der Waals surface area contributed by atoms with Gasteiger partial charge in [0.1, 0.15) is 0 Å². The number of ether oxygens (including phenoxy) is 1. The van der Waals surface area contributed by atoms with Gasteiger partial charge in [-0.2, -0.15) is 0 Å². The lowest BCUT2D eigenvalue weighted by Crippen LogP contribution is -2.19. The van der Waals surface area contributed by atoms with Gasteiger partial charge in [-0.3, -0.25) is 0 Å². The van der Waals surface area contributed by atoms with E-state index in [0.29, 0.717) is 5.92 Å². The maximum Gasteiger partial charge on any atom is 0.0650 e. The zero-order valence-electron chi connectivity index (χ0n) is 7.33. The molecule has 2 heteroatoms. The molecule has 2 unspecified atom stereocenters. The van der Waals surface area contributed by atoms with Crippen LogP contribution in [0.2, 0.25) is 0 Å². The minimum atomic E-state index is -0.0747. The topological polar surface area (TPSA) is 29.5 Å². The van der Waals surface area contributed by atoms with Crippen molar-refractivity contribution in [2.75, 3.05) is 13.2 Å². The minimum Gasteiger partial charge on any atom is -0.393 e. The second-order valence-electron chi connectivity index (χ2n) is 3.71. The normalized spacial score (nSPS) is 36.6. The molecule has 1 heterocycles. The van der Waals surface area contributed by atoms with E-state index >= 15 is 0 Å². The summed E-state index contributed by atoms with van der Waals surface area (Å²) in [6, 6.07) is 0. The maximum absolute atomic E-state index is 9.66. The van der Waals surface area contributed by atoms with Crippen LogP contribution in [0.15, 0.2) is 11.6 Å². The van der Waals surface area contributed by atoms with Gasteiger partial charge in [0.25, 0.3) is 0 Å². The quantitative estimate of drug-likeness (QED) is 0.601. The number of hydrogen-bond acceptors (Lipinski definition) is 2. The van der Waals surface area contributed by atoms with Crippen molar-refractivity contribution in [3.63, 3.8) is 0 Å². The van der Waals surface area contributed by atoms with Gasteiger partial charge in [-0.25, -0.2) is 0 Å². The summed E-state index contributed by atoms with van der Waals surface area (Å²) in [5, 5.41) is 9.66. The molecule has 0 aromatic heterocycles. The molecule has 2 nitrogen and oxygen atoms in total. The molecule has 0 saturated heterocycles. The summed E-state index contributed by atoms with van der Waals surface area (Å²) in [4.78, 5) is 0. The zero-order valence-corrected chi connectivity index (χ0v) is 7.33. The molecule has 0 spiro atoms. The Bertz CT molecular complexity index is 186. The summed E-state index contributed by atoms with van der Waals surface area (Å²) in [5.41, 5.74) is 1.44. The van der Waals surface area contributed by atoms with E-state index in [1.54, 1.807) is 0 Å². The molecule has 0 aromatic carbocycles. The summed E-state index contributed by atoms with van der Waals surface area (Å²) in [7, 11) is 0. The first-order chi connectivity index (χ1) is 5.88. The molecule has 12 heavy (non-hydrogen) atoms. The molecule has 2 atom stereocenters. The van der Waals surface area contributed by atoms with Crippen molar-refractivity contribution < 1.29 is 9.84 Å². The fraction of sp³-hybridized carbons (Fsp3) is 0.800. The number of aliphatic hydroxyl groups is 1. The predicted octanol–water partition coefficient (Wildman–Crippen LogP) is 1.49. The van der Waals surface area contributed by atoms with Gasteiger partial charge in [0.2, 0.25) is 0 Å². The highest BCUT2D eigenvalue weighted by molar-refractivity contribution is 5.12. The van der Waals surface area contributed by atoms with Crippen molar-refractivity contribution in [1.29, 1.82) is 0 Å². The zero-order chi connectivity index (χ0) is 8.39. The van der Waals surface area contributed by atoms with Crippen LogP contribution in [0.25, 0.3) is 0 Å². The van der Waals surface area contributed by atoms with Gasteiger partial charge in [0.15, 0.2) is 0 Å². The van der Waals surface area contributed by atoms with Gasteiger partial charge < -0.3 is 9.84 Å². The van der Waals surface area contributed by atoms with E-state index in [1.807, 2.05) is 0 Å². The van der Waals surface area contributed by atoms with Crippen LogP contribution in [0.5, 0.6) is 0 Å². The highest BCUT2D eigenvalue weighted by atomic mass is 16.5. The van der Waals surface area contributed by atoms with Crippen LogP contribution in [0, 0.1) is 5.92 Å². The number of aliphatic hydroxyl groups excluding tert-OH is 1. The van der Waals surface area contributed by atoms with Crippen molar-refractivity contribution in [1.82, 2.24) is 0 Å². The molecule has 2 aliphatic rings. The monoisotopic (exact) mass is 168 g/mol. The standard InChI is InChI=1S/C10H16O2/c11-10-3-1-2-9(10)8-4-6-12-7-5-8/h4,9-11H,1-3,5-7H2. The molecule has 1 fully saturated rings. The molecule has 0 bridgehead atoms. The van der Waals surface area contributed by atoms with E-state index in [2.05, 4.69) is 6.08 Å². The Kier molecular flexibility index (Phi) is 2.47. The van der Waals surface area contributed by atoms with Gasteiger partial charge in [-0.1, -0.05) is 18.1 Å². The summed E-state index contributed by atoms with van der Waals surface area (Å²) < 4.78 is 5.24. The largest absolute Gasteiger partial charge is 0.393 e. The Morgan fingerprint density at radius 2 is 2.33 bits per heavy atom. The van der Waals surface area contributed by atoms with E-state index in [-0.39, 0.29) is 6.10 Å². The molecular weight excluding hydrogens is 152 g/mol. The molecule has 1 aliphatic heterocycles. The first kappa shape index (κ1) is 8.27. The van der Waals surface area contributed by atoms with E-state index in [4.69, 9.17) is 4.74 Å². The van der Waals surface area contributed by atoms with Crippen molar-refractivity contribution in [2.24, 2.45) is 5.92 Å². The summed E-state index contributed by atoms with van der Waals surface area (Å²) >= 11 is 0. The van der Waals surface area contributed by atoms with Gasteiger partial charge in [-0.15, -0.1) is 0 Å². The van der Waals surface area contributed by atoms with E-state index < -0.39 is 0 Å². The molecule has 2 rings (SSSR count). The highest BCUT2D eigenvalue weighted by Gasteiger charge is 2.28. The second kappa shape index (κ2) is 3.58.